The standard InChI is InChI=1S/C18H23NO5/c1-4-24-15(20)10-14-11-19(17(21)16(14)18(22)23-3)12(2)13-8-6-5-7-9-13/h5-9,12,14,16H,4,10-11H2,1-3H3/t12-,14-,16+/m1/s1. The van der Waals surface area contributed by atoms with Crippen LogP contribution in [0.5, 0.6) is 0 Å². The third-order valence-electron chi connectivity index (χ3n) is 4.39. The highest BCUT2D eigenvalue weighted by Gasteiger charge is 2.48. The van der Waals surface area contributed by atoms with E-state index in [4.69, 9.17) is 9.47 Å². The molecule has 6 nitrogen and oxygen atoms in total. The number of hydrogen-bond acceptors (Lipinski definition) is 5. The Balaban J connectivity index is 2.21. The lowest BCUT2D eigenvalue weighted by atomic mass is 9.92. The zero-order valence-corrected chi connectivity index (χ0v) is 14.2. The van der Waals surface area contributed by atoms with Gasteiger partial charge in [0.1, 0.15) is 5.92 Å². The number of carbonyl (C=O) groups excluding carboxylic acids is 3. The highest BCUT2D eigenvalue weighted by atomic mass is 16.5. The second kappa shape index (κ2) is 7.95. The van der Waals surface area contributed by atoms with Crippen LogP contribution < -0.4 is 0 Å². The van der Waals surface area contributed by atoms with Crippen molar-refractivity contribution in [3.05, 3.63) is 35.9 Å². The maximum absolute atomic E-state index is 12.7. The van der Waals surface area contributed by atoms with Crippen molar-refractivity contribution < 1.29 is 23.9 Å². The largest absolute Gasteiger partial charge is 0.468 e. The molecule has 1 aromatic rings. The molecule has 0 radical (unpaired) electrons. The van der Waals surface area contributed by atoms with E-state index >= 15 is 0 Å². The number of amides is 1. The summed E-state index contributed by atoms with van der Waals surface area (Å²) in [6.07, 6.45) is 0.0252. The van der Waals surface area contributed by atoms with Crippen molar-refractivity contribution in [2.24, 2.45) is 11.8 Å². The summed E-state index contributed by atoms with van der Waals surface area (Å²) in [6.45, 7) is 4.23. The fourth-order valence-electron chi connectivity index (χ4n) is 3.13. The Morgan fingerprint density at radius 1 is 1.29 bits per heavy atom. The minimum atomic E-state index is -0.953. The highest BCUT2D eigenvalue weighted by Crippen LogP contribution is 2.34. The van der Waals surface area contributed by atoms with Crippen molar-refractivity contribution >= 4 is 17.8 Å². The maximum atomic E-state index is 12.7. The lowest BCUT2D eigenvalue weighted by Crippen LogP contribution is -2.33. The zero-order chi connectivity index (χ0) is 17.7. The first-order valence-electron chi connectivity index (χ1n) is 8.08. The smallest absolute Gasteiger partial charge is 0.318 e. The molecule has 130 valence electrons. The Morgan fingerprint density at radius 3 is 2.54 bits per heavy atom. The quantitative estimate of drug-likeness (QED) is 0.588. The summed E-state index contributed by atoms with van der Waals surface area (Å²) in [4.78, 5) is 38.2. The fraction of sp³-hybridized carbons (Fsp3) is 0.500. The van der Waals surface area contributed by atoms with Crippen LogP contribution in [0, 0.1) is 11.8 Å². The summed E-state index contributed by atoms with van der Waals surface area (Å²) in [7, 11) is 1.25. The molecule has 0 aromatic heterocycles. The normalized spacial score (nSPS) is 21.5. The summed E-state index contributed by atoms with van der Waals surface area (Å²) in [5.41, 5.74) is 0.978. The highest BCUT2D eigenvalue weighted by molar-refractivity contribution is 6.00. The SMILES string of the molecule is CCOC(=O)C[C@@H]1CN([C@H](C)c2ccccc2)C(=O)[C@H]1C(=O)OC. The molecule has 1 aliphatic rings. The van der Waals surface area contributed by atoms with Gasteiger partial charge in [0.05, 0.1) is 26.2 Å². The van der Waals surface area contributed by atoms with Crippen LogP contribution >= 0.6 is 0 Å². The minimum absolute atomic E-state index is 0.0252. The van der Waals surface area contributed by atoms with Gasteiger partial charge in [0, 0.05) is 12.5 Å². The van der Waals surface area contributed by atoms with Crippen LogP contribution in [0.3, 0.4) is 0 Å². The second-order valence-corrected chi connectivity index (χ2v) is 5.85. The first-order valence-corrected chi connectivity index (χ1v) is 8.08. The minimum Gasteiger partial charge on any atom is -0.468 e. The van der Waals surface area contributed by atoms with E-state index in [0.717, 1.165) is 5.56 Å². The molecule has 0 unspecified atom stereocenters. The Hall–Kier alpha value is -2.37. The molecule has 24 heavy (non-hydrogen) atoms. The number of rotatable bonds is 6. The zero-order valence-electron chi connectivity index (χ0n) is 14.2. The molecule has 1 heterocycles. The van der Waals surface area contributed by atoms with E-state index in [1.807, 2.05) is 37.3 Å². The Morgan fingerprint density at radius 2 is 1.96 bits per heavy atom. The van der Waals surface area contributed by atoms with Gasteiger partial charge in [0.2, 0.25) is 5.91 Å². The number of hydrogen-bond donors (Lipinski definition) is 0. The maximum Gasteiger partial charge on any atom is 0.318 e. The number of nitrogens with zero attached hydrogens (tertiary/aromatic N) is 1. The van der Waals surface area contributed by atoms with Crippen LogP contribution in [-0.2, 0) is 23.9 Å². The molecule has 0 N–H and O–H groups in total. The Labute approximate surface area is 141 Å². The predicted octanol–water partition coefficient (Wildman–Crippen LogP) is 1.95. The summed E-state index contributed by atoms with van der Waals surface area (Å²) < 4.78 is 9.73. The average Bonchev–Trinajstić information content (AvgIpc) is 2.90. The van der Waals surface area contributed by atoms with Crippen molar-refractivity contribution in [3.63, 3.8) is 0 Å². The van der Waals surface area contributed by atoms with Gasteiger partial charge in [0.15, 0.2) is 0 Å². The molecule has 1 saturated heterocycles. The first kappa shape index (κ1) is 18.0. The van der Waals surface area contributed by atoms with E-state index in [2.05, 4.69) is 0 Å². The van der Waals surface area contributed by atoms with E-state index in [1.165, 1.54) is 7.11 Å². The van der Waals surface area contributed by atoms with Gasteiger partial charge >= 0.3 is 11.9 Å². The van der Waals surface area contributed by atoms with Crippen LogP contribution in [0.4, 0.5) is 0 Å². The Kier molecular flexibility index (Phi) is 5.95. The van der Waals surface area contributed by atoms with Crippen LogP contribution in [-0.4, -0.2) is 43.0 Å². The van der Waals surface area contributed by atoms with Gasteiger partial charge in [-0.2, -0.15) is 0 Å². The molecule has 1 fully saturated rings. The van der Waals surface area contributed by atoms with E-state index < -0.39 is 23.8 Å². The van der Waals surface area contributed by atoms with Crippen molar-refractivity contribution in [3.8, 4) is 0 Å². The van der Waals surface area contributed by atoms with Crippen molar-refractivity contribution in [1.29, 1.82) is 0 Å². The molecule has 0 aliphatic carbocycles. The number of benzene rings is 1. The van der Waals surface area contributed by atoms with Crippen molar-refractivity contribution in [2.75, 3.05) is 20.3 Å². The van der Waals surface area contributed by atoms with E-state index in [9.17, 15) is 14.4 Å². The number of ether oxygens (including phenoxy) is 2. The lowest BCUT2D eigenvalue weighted by molar-refractivity contribution is -0.152. The van der Waals surface area contributed by atoms with E-state index in [1.54, 1.807) is 11.8 Å². The van der Waals surface area contributed by atoms with Gasteiger partial charge in [-0.15, -0.1) is 0 Å². The average molecular weight is 333 g/mol. The number of likely N-dealkylation sites (tertiary alicyclic amines) is 1. The summed E-state index contributed by atoms with van der Waals surface area (Å²) in [5.74, 6) is -2.69. The molecular formula is C18H23NO5. The summed E-state index contributed by atoms with van der Waals surface area (Å²) in [6, 6.07) is 9.40. The molecule has 1 amide bonds. The number of esters is 2. The van der Waals surface area contributed by atoms with Gasteiger partial charge in [-0.05, 0) is 19.4 Å². The lowest BCUT2D eigenvalue weighted by Gasteiger charge is -2.25. The van der Waals surface area contributed by atoms with Crippen LogP contribution in [0.2, 0.25) is 0 Å². The monoisotopic (exact) mass is 333 g/mol. The predicted molar refractivity (Wildman–Crippen MR) is 86.8 cm³/mol. The van der Waals surface area contributed by atoms with Gasteiger partial charge < -0.3 is 14.4 Å². The second-order valence-electron chi connectivity index (χ2n) is 5.85. The van der Waals surface area contributed by atoms with Gasteiger partial charge in [-0.3, -0.25) is 14.4 Å². The van der Waals surface area contributed by atoms with E-state index in [0.29, 0.717) is 6.54 Å². The van der Waals surface area contributed by atoms with Crippen molar-refractivity contribution in [1.82, 2.24) is 4.90 Å². The third kappa shape index (κ3) is 3.75. The fourth-order valence-corrected chi connectivity index (χ4v) is 3.13. The molecule has 2 rings (SSSR count). The molecule has 1 aliphatic heterocycles. The van der Waals surface area contributed by atoms with Gasteiger partial charge in [-0.1, -0.05) is 30.3 Å². The first-order chi connectivity index (χ1) is 11.5. The number of carbonyl (C=O) groups is 3. The number of methoxy groups -OCH3 is 1. The molecule has 6 heteroatoms. The van der Waals surface area contributed by atoms with E-state index in [-0.39, 0.29) is 25.0 Å². The molecule has 3 atom stereocenters. The Bertz CT molecular complexity index is 601. The van der Waals surface area contributed by atoms with Crippen LogP contribution in [0.1, 0.15) is 31.9 Å². The van der Waals surface area contributed by atoms with Crippen LogP contribution in [0.15, 0.2) is 30.3 Å². The van der Waals surface area contributed by atoms with Gasteiger partial charge in [-0.25, -0.2) is 0 Å². The third-order valence-corrected chi connectivity index (χ3v) is 4.39. The molecule has 0 bridgehead atoms. The van der Waals surface area contributed by atoms with Crippen molar-refractivity contribution in [2.45, 2.75) is 26.3 Å². The molecule has 0 saturated carbocycles. The summed E-state index contributed by atoms with van der Waals surface area (Å²) >= 11 is 0. The molecule has 0 spiro atoms. The molecular weight excluding hydrogens is 310 g/mol. The molecule has 1 aromatic carbocycles. The topological polar surface area (TPSA) is 72.9 Å². The summed E-state index contributed by atoms with van der Waals surface area (Å²) in [5, 5.41) is 0. The van der Waals surface area contributed by atoms with Crippen LogP contribution in [0.25, 0.3) is 0 Å². The van der Waals surface area contributed by atoms with Gasteiger partial charge in [0.25, 0.3) is 0 Å².